The molecule has 1 aliphatic carbocycles. The van der Waals surface area contributed by atoms with Gasteiger partial charge in [-0.25, -0.2) is 0 Å². The Hall–Kier alpha value is -1.72. The van der Waals surface area contributed by atoms with Crippen LogP contribution in [0.5, 0.6) is 5.75 Å². The number of carbonyl (C=O) groups is 1. The molecule has 1 aliphatic heterocycles. The lowest BCUT2D eigenvalue weighted by Gasteiger charge is -2.52. The largest absolute Gasteiger partial charge is 0.496 e. The monoisotopic (exact) mass is 327 g/mol. The maximum atomic E-state index is 13.1. The first-order chi connectivity index (χ1) is 10.9. The highest BCUT2D eigenvalue weighted by atomic mass is 19.4. The Balaban J connectivity index is 1.73. The normalized spacial score (nSPS) is 21.1. The molecule has 3 nitrogen and oxygen atoms in total. The number of halogens is 3. The minimum atomic E-state index is -4.41. The van der Waals surface area contributed by atoms with Crippen molar-refractivity contribution >= 4 is 6.41 Å². The number of ether oxygens (including phenoxy) is 1. The maximum absolute atomic E-state index is 13.1. The van der Waals surface area contributed by atoms with E-state index in [1.807, 2.05) is 0 Å². The SMILES string of the molecule is COc1ccc(C2CCC3(CC2)CN(C=O)C3)cc1C(F)(F)F. The van der Waals surface area contributed by atoms with Crippen LogP contribution in [-0.2, 0) is 11.0 Å². The Labute approximate surface area is 133 Å². The van der Waals surface area contributed by atoms with Crippen LogP contribution in [0.25, 0.3) is 0 Å². The third-order valence-corrected chi connectivity index (χ3v) is 5.27. The quantitative estimate of drug-likeness (QED) is 0.790. The van der Waals surface area contributed by atoms with Crippen molar-refractivity contribution < 1.29 is 22.7 Å². The van der Waals surface area contributed by atoms with Crippen LogP contribution in [0.15, 0.2) is 18.2 Å². The molecule has 1 spiro atoms. The van der Waals surface area contributed by atoms with Crippen molar-refractivity contribution in [1.82, 2.24) is 4.90 Å². The number of amides is 1. The number of hydrogen-bond acceptors (Lipinski definition) is 2. The summed E-state index contributed by atoms with van der Waals surface area (Å²) in [5.41, 5.74) is 0.240. The van der Waals surface area contributed by atoms with Crippen LogP contribution in [-0.4, -0.2) is 31.5 Å². The van der Waals surface area contributed by atoms with Crippen LogP contribution >= 0.6 is 0 Å². The molecule has 1 saturated heterocycles. The molecule has 0 radical (unpaired) electrons. The highest BCUT2D eigenvalue weighted by molar-refractivity contribution is 5.49. The average Bonchev–Trinajstić information content (AvgIpc) is 2.51. The summed E-state index contributed by atoms with van der Waals surface area (Å²) in [5.74, 6) is 0.0204. The third kappa shape index (κ3) is 3.03. The molecule has 0 bridgehead atoms. The second-order valence-corrected chi connectivity index (χ2v) is 6.74. The minimum absolute atomic E-state index is 0.130. The summed E-state index contributed by atoms with van der Waals surface area (Å²) in [6, 6.07) is 4.40. The van der Waals surface area contributed by atoms with Gasteiger partial charge in [-0.15, -0.1) is 0 Å². The molecule has 1 heterocycles. The fraction of sp³-hybridized carbons (Fsp3) is 0.588. The van der Waals surface area contributed by atoms with Gasteiger partial charge in [0.05, 0.1) is 12.7 Å². The number of likely N-dealkylation sites (tertiary alicyclic amines) is 1. The van der Waals surface area contributed by atoms with E-state index < -0.39 is 11.7 Å². The van der Waals surface area contributed by atoms with Gasteiger partial charge in [-0.05, 0) is 49.3 Å². The lowest BCUT2D eigenvalue weighted by molar-refractivity contribution is -0.138. The number of benzene rings is 1. The standard InChI is InChI=1S/C17H20F3NO2/c1-23-15-3-2-13(8-14(15)17(18,19)20)12-4-6-16(7-5-12)9-21(10-16)11-22/h2-3,8,11-12H,4-7,9-10H2,1H3. The van der Waals surface area contributed by atoms with Gasteiger partial charge in [0.2, 0.25) is 6.41 Å². The van der Waals surface area contributed by atoms with Crippen molar-refractivity contribution in [2.45, 2.75) is 37.8 Å². The summed E-state index contributed by atoms with van der Waals surface area (Å²) in [7, 11) is 1.25. The lowest BCUT2D eigenvalue weighted by Crippen LogP contribution is -2.56. The van der Waals surface area contributed by atoms with Gasteiger partial charge < -0.3 is 9.64 Å². The molecule has 6 heteroatoms. The predicted molar refractivity (Wildman–Crippen MR) is 79.3 cm³/mol. The van der Waals surface area contributed by atoms with E-state index in [1.54, 1.807) is 11.0 Å². The molecule has 23 heavy (non-hydrogen) atoms. The first-order valence-corrected chi connectivity index (χ1v) is 7.81. The van der Waals surface area contributed by atoms with Gasteiger partial charge in [-0.3, -0.25) is 4.79 Å². The van der Waals surface area contributed by atoms with Crippen molar-refractivity contribution in [2.75, 3.05) is 20.2 Å². The van der Waals surface area contributed by atoms with E-state index in [4.69, 9.17) is 4.74 Å². The molecule has 1 saturated carbocycles. The van der Waals surface area contributed by atoms with E-state index in [2.05, 4.69) is 0 Å². The molecule has 1 aromatic rings. The van der Waals surface area contributed by atoms with Crippen LogP contribution in [0.4, 0.5) is 13.2 Å². The Bertz CT molecular complexity index is 584. The van der Waals surface area contributed by atoms with Crippen molar-refractivity contribution in [2.24, 2.45) is 5.41 Å². The van der Waals surface area contributed by atoms with E-state index in [9.17, 15) is 18.0 Å². The summed E-state index contributed by atoms with van der Waals surface area (Å²) in [4.78, 5) is 12.5. The highest BCUT2D eigenvalue weighted by Gasteiger charge is 2.45. The summed E-state index contributed by atoms with van der Waals surface area (Å²) < 4.78 is 44.2. The van der Waals surface area contributed by atoms with Gasteiger partial charge in [-0.2, -0.15) is 13.2 Å². The fourth-order valence-electron chi connectivity index (χ4n) is 3.97. The molecule has 126 valence electrons. The highest BCUT2D eigenvalue weighted by Crippen LogP contribution is 2.48. The molecule has 0 aromatic heterocycles. The second kappa shape index (κ2) is 5.73. The van der Waals surface area contributed by atoms with Crippen molar-refractivity contribution in [3.63, 3.8) is 0 Å². The van der Waals surface area contributed by atoms with E-state index >= 15 is 0 Å². The van der Waals surface area contributed by atoms with Gasteiger partial charge in [-0.1, -0.05) is 6.07 Å². The first kappa shape index (κ1) is 16.1. The molecule has 1 aromatic carbocycles. The van der Waals surface area contributed by atoms with E-state index in [0.717, 1.165) is 50.7 Å². The van der Waals surface area contributed by atoms with Crippen LogP contribution < -0.4 is 4.74 Å². The van der Waals surface area contributed by atoms with Crippen molar-refractivity contribution in [3.8, 4) is 5.75 Å². The number of methoxy groups -OCH3 is 1. The topological polar surface area (TPSA) is 29.5 Å². The van der Waals surface area contributed by atoms with Gasteiger partial charge in [0.1, 0.15) is 5.75 Å². The van der Waals surface area contributed by atoms with E-state index in [-0.39, 0.29) is 17.1 Å². The lowest BCUT2D eigenvalue weighted by atomic mass is 9.65. The summed E-state index contributed by atoms with van der Waals surface area (Å²) in [6.45, 7) is 1.58. The second-order valence-electron chi connectivity index (χ2n) is 6.74. The first-order valence-electron chi connectivity index (χ1n) is 7.81. The zero-order valence-corrected chi connectivity index (χ0v) is 13.0. The molecule has 3 rings (SSSR count). The molecule has 2 aliphatic rings. The molecule has 1 amide bonds. The van der Waals surface area contributed by atoms with Gasteiger partial charge in [0, 0.05) is 18.5 Å². The van der Waals surface area contributed by atoms with Crippen LogP contribution in [0.3, 0.4) is 0 Å². The summed E-state index contributed by atoms with van der Waals surface area (Å²) >= 11 is 0. The molecule has 2 fully saturated rings. The van der Waals surface area contributed by atoms with Crippen LogP contribution in [0.2, 0.25) is 0 Å². The number of carbonyl (C=O) groups excluding carboxylic acids is 1. The number of hydrogen-bond donors (Lipinski definition) is 0. The molecular weight excluding hydrogens is 307 g/mol. The van der Waals surface area contributed by atoms with Crippen LogP contribution in [0.1, 0.15) is 42.7 Å². The average molecular weight is 327 g/mol. The van der Waals surface area contributed by atoms with Gasteiger partial charge >= 0.3 is 6.18 Å². The van der Waals surface area contributed by atoms with E-state index in [1.165, 1.54) is 19.2 Å². The molecule has 0 atom stereocenters. The zero-order chi connectivity index (χ0) is 16.7. The predicted octanol–water partition coefficient (Wildman–Crippen LogP) is 3.83. The zero-order valence-electron chi connectivity index (χ0n) is 13.0. The Morgan fingerprint density at radius 1 is 1.26 bits per heavy atom. The third-order valence-electron chi connectivity index (χ3n) is 5.27. The van der Waals surface area contributed by atoms with Gasteiger partial charge in [0.25, 0.3) is 0 Å². The minimum Gasteiger partial charge on any atom is -0.496 e. The molecule has 0 unspecified atom stereocenters. The van der Waals surface area contributed by atoms with Crippen molar-refractivity contribution in [1.29, 1.82) is 0 Å². The smallest absolute Gasteiger partial charge is 0.419 e. The summed E-state index contributed by atoms with van der Waals surface area (Å²) in [6.07, 6.45) is 0.142. The van der Waals surface area contributed by atoms with Crippen molar-refractivity contribution in [3.05, 3.63) is 29.3 Å². The Kier molecular flexibility index (Phi) is 4.02. The summed E-state index contributed by atoms with van der Waals surface area (Å²) in [5, 5.41) is 0. The number of rotatable bonds is 3. The maximum Gasteiger partial charge on any atom is 0.419 e. The molecule has 0 N–H and O–H groups in total. The number of nitrogens with zero attached hydrogens (tertiary/aromatic N) is 1. The number of alkyl halides is 3. The Morgan fingerprint density at radius 2 is 1.91 bits per heavy atom. The molecular formula is C17H20F3NO2. The van der Waals surface area contributed by atoms with E-state index in [0.29, 0.717) is 0 Å². The van der Waals surface area contributed by atoms with Gasteiger partial charge in [0.15, 0.2) is 0 Å². The van der Waals surface area contributed by atoms with Crippen LogP contribution in [0, 0.1) is 5.41 Å². The Morgan fingerprint density at radius 3 is 2.43 bits per heavy atom. The fourth-order valence-corrected chi connectivity index (χ4v) is 3.97.